The quantitative estimate of drug-likeness (QED) is 0.870. The average molecular weight is 261 g/mol. The van der Waals surface area contributed by atoms with Gasteiger partial charge in [-0.05, 0) is 32.0 Å². The summed E-state index contributed by atoms with van der Waals surface area (Å²) >= 11 is 0. The van der Waals surface area contributed by atoms with Gasteiger partial charge in [0.1, 0.15) is 0 Å². The Morgan fingerprint density at radius 2 is 2.05 bits per heavy atom. The molecule has 2 N–H and O–H groups in total. The maximum absolute atomic E-state index is 11.7. The van der Waals surface area contributed by atoms with Gasteiger partial charge in [0.25, 0.3) is 0 Å². The highest BCUT2D eigenvalue weighted by atomic mass is 16.2. The Hall–Kier alpha value is -1.55. The average Bonchev–Trinajstić information content (AvgIpc) is 2.45. The van der Waals surface area contributed by atoms with Gasteiger partial charge in [-0.25, -0.2) is 4.79 Å². The first-order chi connectivity index (χ1) is 9.25. The Labute approximate surface area is 115 Å². The maximum atomic E-state index is 11.7. The second-order valence-corrected chi connectivity index (χ2v) is 5.18. The van der Waals surface area contributed by atoms with E-state index in [1.807, 2.05) is 30.3 Å². The van der Waals surface area contributed by atoms with E-state index in [0.29, 0.717) is 12.6 Å². The third-order valence-electron chi connectivity index (χ3n) is 3.72. The second-order valence-electron chi connectivity index (χ2n) is 5.18. The molecule has 0 bridgehead atoms. The van der Waals surface area contributed by atoms with Crippen molar-refractivity contribution in [3.05, 3.63) is 35.9 Å². The molecule has 0 aliphatic carbocycles. The molecule has 1 saturated heterocycles. The fourth-order valence-corrected chi connectivity index (χ4v) is 2.45. The van der Waals surface area contributed by atoms with E-state index in [-0.39, 0.29) is 6.03 Å². The molecule has 4 nitrogen and oxygen atoms in total. The Balaban J connectivity index is 1.67. The van der Waals surface area contributed by atoms with Crippen molar-refractivity contribution in [1.29, 1.82) is 0 Å². The number of carbonyl (C=O) groups excluding carboxylic acids is 1. The Morgan fingerprint density at radius 1 is 1.26 bits per heavy atom. The summed E-state index contributed by atoms with van der Waals surface area (Å²) in [5.41, 5.74) is 1.12. The van der Waals surface area contributed by atoms with Crippen molar-refractivity contribution >= 4 is 6.03 Å². The monoisotopic (exact) mass is 261 g/mol. The number of urea groups is 1. The van der Waals surface area contributed by atoms with Crippen LogP contribution in [0.4, 0.5) is 4.79 Å². The minimum Gasteiger partial charge on any atom is -0.337 e. The van der Waals surface area contributed by atoms with Crippen LogP contribution in [0.25, 0.3) is 0 Å². The van der Waals surface area contributed by atoms with Crippen molar-refractivity contribution in [2.45, 2.75) is 31.8 Å². The minimum atomic E-state index is -0.0807. The van der Waals surface area contributed by atoms with Gasteiger partial charge in [-0.2, -0.15) is 0 Å². The van der Waals surface area contributed by atoms with Gasteiger partial charge in [-0.1, -0.05) is 36.8 Å². The molecule has 1 aromatic carbocycles. The highest BCUT2D eigenvalue weighted by Gasteiger charge is 2.18. The van der Waals surface area contributed by atoms with Crippen LogP contribution in [0, 0.1) is 0 Å². The molecule has 1 aliphatic heterocycles. The van der Waals surface area contributed by atoms with Crippen LogP contribution in [0.3, 0.4) is 0 Å². The van der Waals surface area contributed by atoms with Crippen LogP contribution in [0.15, 0.2) is 30.3 Å². The van der Waals surface area contributed by atoms with Gasteiger partial charge in [-0.15, -0.1) is 0 Å². The van der Waals surface area contributed by atoms with E-state index >= 15 is 0 Å². The van der Waals surface area contributed by atoms with E-state index in [1.54, 1.807) is 0 Å². The Morgan fingerprint density at radius 3 is 2.79 bits per heavy atom. The zero-order chi connectivity index (χ0) is 13.5. The van der Waals surface area contributed by atoms with Gasteiger partial charge >= 0.3 is 6.03 Å². The summed E-state index contributed by atoms with van der Waals surface area (Å²) in [6, 6.07) is 10.4. The first kappa shape index (κ1) is 13.9. The lowest BCUT2D eigenvalue weighted by molar-refractivity contribution is 0.180. The fourth-order valence-electron chi connectivity index (χ4n) is 2.45. The van der Waals surface area contributed by atoms with Crippen LogP contribution in [0.5, 0.6) is 0 Å². The van der Waals surface area contributed by atoms with E-state index in [0.717, 1.165) is 18.7 Å². The van der Waals surface area contributed by atoms with Crippen LogP contribution in [-0.2, 0) is 6.54 Å². The van der Waals surface area contributed by atoms with Crippen LogP contribution in [-0.4, -0.2) is 37.1 Å². The molecule has 19 heavy (non-hydrogen) atoms. The Kier molecular flexibility index (Phi) is 5.21. The molecule has 1 aliphatic rings. The summed E-state index contributed by atoms with van der Waals surface area (Å²) in [7, 11) is 2.13. The van der Waals surface area contributed by atoms with E-state index in [9.17, 15) is 4.79 Å². The van der Waals surface area contributed by atoms with Crippen molar-refractivity contribution in [2.75, 3.05) is 20.1 Å². The predicted octanol–water partition coefficient (Wildman–Crippen LogP) is 1.97. The molecule has 104 valence electrons. The molecule has 0 aromatic heterocycles. The van der Waals surface area contributed by atoms with Crippen molar-refractivity contribution in [2.24, 2.45) is 0 Å². The summed E-state index contributed by atoms with van der Waals surface area (Å²) in [4.78, 5) is 14.1. The molecule has 1 atom stereocenters. The van der Waals surface area contributed by atoms with Gasteiger partial charge in [0, 0.05) is 19.1 Å². The number of nitrogens with one attached hydrogen (secondary N) is 2. The number of piperidine rings is 1. The van der Waals surface area contributed by atoms with Gasteiger partial charge in [0.2, 0.25) is 0 Å². The van der Waals surface area contributed by atoms with Crippen molar-refractivity contribution in [3.8, 4) is 0 Å². The second kappa shape index (κ2) is 7.14. The van der Waals surface area contributed by atoms with Gasteiger partial charge in [0.05, 0.1) is 0 Å². The van der Waals surface area contributed by atoms with Crippen molar-refractivity contribution in [1.82, 2.24) is 15.5 Å². The maximum Gasteiger partial charge on any atom is 0.315 e. The van der Waals surface area contributed by atoms with Gasteiger partial charge in [0.15, 0.2) is 0 Å². The summed E-state index contributed by atoms with van der Waals surface area (Å²) < 4.78 is 0. The first-order valence-corrected chi connectivity index (χ1v) is 7.01. The zero-order valence-corrected chi connectivity index (χ0v) is 11.6. The number of hydrogen-bond acceptors (Lipinski definition) is 2. The van der Waals surface area contributed by atoms with E-state index < -0.39 is 0 Å². The van der Waals surface area contributed by atoms with Crippen molar-refractivity contribution in [3.63, 3.8) is 0 Å². The summed E-state index contributed by atoms with van der Waals surface area (Å²) in [6.07, 6.45) is 3.71. The van der Waals surface area contributed by atoms with Crippen molar-refractivity contribution < 1.29 is 4.79 Å². The van der Waals surface area contributed by atoms with Crippen LogP contribution in [0.1, 0.15) is 24.8 Å². The highest BCUT2D eigenvalue weighted by molar-refractivity contribution is 5.73. The van der Waals surface area contributed by atoms with E-state index in [4.69, 9.17) is 0 Å². The molecule has 4 heteroatoms. The number of likely N-dealkylation sites (tertiary alicyclic amines) is 1. The number of rotatable bonds is 4. The number of nitrogens with zero attached hydrogens (tertiary/aromatic N) is 1. The smallest absolute Gasteiger partial charge is 0.315 e. The summed E-state index contributed by atoms with van der Waals surface area (Å²) in [6.45, 7) is 2.45. The molecule has 1 fully saturated rings. The lowest BCUT2D eigenvalue weighted by atomic mass is 10.0. The summed E-state index contributed by atoms with van der Waals surface area (Å²) in [5, 5.41) is 5.85. The highest BCUT2D eigenvalue weighted by Crippen LogP contribution is 2.13. The third-order valence-corrected chi connectivity index (χ3v) is 3.72. The molecule has 0 spiro atoms. The van der Waals surface area contributed by atoms with Crippen LogP contribution < -0.4 is 10.6 Å². The molecule has 2 rings (SSSR count). The van der Waals surface area contributed by atoms with Gasteiger partial charge in [-0.3, -0.25) is 0 Å². The number of likely N-dealkylation sites (N-methyl/N-ethyl adjacent to an activating group) is 1. The molecule has 1 heterocycles. The molecule has 0 radical (unpaired) electrons. The first-order valence-electron chi connectivity index (χ1n) is 7.01. The lowest BCUT2D eigenvalue weighted by Gasteiger charge is -2.32. The Bertz CT molecular complexity index is 394. The molecular weight excluding hydrogens is 238 g/mol. The third kappa shape index (κ3) is 4.56. The molecule has 0 saturated carbocycles. The van der Waals surface area contributed by atoms with Crippen LogP contribution in [0.2, 0.25) is 0 Å². The van der Waals surface area contributed by atoms with Crippen LogP contribution >= 0.6 is 0 Å². The molecular formula is C15H23N3O. The predicted molar refractivity (Wildman–Crippen MR) is 76.9 cm³/mol. The standard InChI is InChI=1S/C15H23N3O/c1-18-10-6-5-9-14(18)12-17-15(19)16-11-13-7-3-2-4-8-13/h2-4,7-8,14H,5-6,9-12H2,1H3,(H2,16,17,19). The van der Waals surface area contributed by atoms with Gasteiger partial charge < -0.3 is 15.5 Å². The normalized spacial score (nSPS) is 19.9. The van der Waals surface area contributed by atoms with E-state index in [2.05, 4.69) is 22.6 Å². The molecule has 1 aromatic rings. The summed E-state index contributed by atoms with van der Waals surface area (Å²) in [5.74, 6) is 0. The number of carbonyl (C=O) groups is 1. The SMILES string of the molecule is CN1CCCCC1CNC(=O)NCc1ccccc1. The number of hydrogen-bond donors (Lipinski definition) is 2. The lowest BCUT2D eigenvalue weighted by Crippen LogP contribution is -2.46. The van der Waals surface area contributed by atoms with E-state index in [1.165, 1.54) is 19.3 Å². The number of benzene rings is 1. The zero-order valence-electron chi connectivity index (χ0n) is 11.6. The fraction of sp³-hybridized carbons (Fsp3) is 0.533. The molecule has 2 amide bonds. The topological polar surface area (TPSA) is 44.4 Å². The number of amides is 2. The largest absolute Gasteiger partial charge is 0.337 e. The molecule has 1 unspecified atom stereocenters. The minimum absolute atomic E-state index is 0.0807.